The van der Waals surface area contributed by atoms with Crippen molar-refractivity contribution < 1.29 is 18.7 Å². The lowest BCUT2D eigenvalue weighted by molar-refractivity contribution is -0.105. The first-order valence-electron chi connectivity index (χ1n) is 8.32. The Morgan fingerprint density at radius 1 is 1.11 bits per heavy atom. The van der Waals surface area contributed by atoms with Crippen LogP contribution in [-0.4, -0.2) is 24.3 Å². The predicted molar refractivity (Wildman–Crippen MR) is 104 cm³/mol. The van der Waals surface area contributed by atoms with Crippen molar-refractivity contribution in [3.05, 3.63) is 72.2 Å². The molecule has 0 bridgehead atoms. The van der Waals surface area contributed by atoms with Gasteiger partial charge in [-0.15, -0.1) is 0 Å². The molecular weight excluding hydrogens is 363 g/mol. The van der Waals surface area contributed by atoms with E-state index < -0.39 is 5.91 Å². The third kappa shape index (κ3) is 4.42. The molecular formula is C20H17FN4O3. The van der Waals surface area contributed by atoms with Crippen LogP contribution in [0.15, 0.2) is 60.8 Å². The molecule has 0 saturated carbocycles. The van der Waals surface area contributed by atoms with Crippen LogP contribution >= 0.6 is 0 Å². The lowest BCUT2D eigenvalue weighted by Crippen LogP contribution is -2.14. The summed E-state index contributed by atoms with van der Waals surface area (Å²) in [5, 5.41) is 8.27. The van der Waals surface area contributed by atoms with E-state index in [4.69, 9.17) is 4.74 Å². The van der Waals surface area contributed by atoms with Crippen molar-refractivity contribution in [2.24, 2.45) is 0 Å². The molecule has 7 nitrogen and oxygen atoms in total. The van der Waals surface area contributed by atoms with Crippen molar-refractivity contribution in [3.63, 3.8) is 0 Å². The fourth-order valence-electron chi connectivity index (χ4n) is 2.48. The summed E-state index contributed by atoms with van der Waals surface area (Å²) in [5.41, 5.74) is 1.95. The third-order valence-corrected chi connectivity index (χ3v) is 3.81. The van der Waals surface area contributed by atoms with Crippen LogP contribution in [0.2, 0.25) is 0 Å². The van der Waals surface area contributed by atoms with E-state index >= 15 is 0 Å². The first kappa shape index (κ1) is 18.8. The lowest BCUT2D eigenvalue weighted by Gasteiger charge is -2.13. The number of carbonyl (C=O) groups is 2. The Balaban J connectivity index is 1.81. The largest absolute Gasteiger partial charge is 0.438 e. The molecule has 1 aromatic heterocycles. The van der Waals surface area contributed by atoms with Crippen LogP contribution in [0.5, 0.6) is 11.6 Å². The summed E-state index contributed by atoms with van der Waals surface area (Å²) in [4.78, 5) is 27.4. The first-order valence-corrected chi connectivity index (χ1v) is 8.32. The molecule has 142 valence electrons. The second kappa shape index (κ2) is 8.63. The minimum absolute atomic E-state index is 0.0969. The van der Waals surface area contributed by atoms with E-state index in [1.165, 1.54) is 30.5 Å². The van der Waals surface area contributed by atoms with Crippen LogP contribution in [0.4, 0.5) is 21.5 Å². The van der Waals surface area contributed by atoms with Gasteiger partial charge in [0.15, 0.2) is 0 Å². The summed E-state index contributed by atoms with van der Waals surface area (Å²) >= 11 is 0. The van der Waals surface area contributed by atoms with Crippen molar-refractivity contribution in [1.82, 2.24) is 4.98 Å². The van der Waals surface area contributed by atoms with Gasteiger partial charge in [-0.3, -0.25) is 9.59 Å². The van der Waals surface area contributed by atoms with Gasteiger partial charge in [-0.1, -0.05) is 0 Å². The Morgan fingerprint density at radius 3 is 2.61 bits per heavy atom. The average molecular weight is 380 g/mol. The van der Waals surface area contributed by atoms with E-state index in [2.05, 4.69) is 20.9 Å². The van der Waals surface area contributed by atoms with Gasteiger partial charge in [0.25, 0.3) is 5.91 Å². The molecule has 28 heavy (non-hydrogen) atoms. The van der Waals surface area contributed by atoms with E-state index in [1.54, 1.807) is 37.4 Å². The zero-order valence-corrected chi connectivity index (χ0v) is 14.9. The second-order valence-electron chi connectivity index (χ2n) is 5.64. The number of nitrogens with one attached hydrogen (secondary N) is 3. The molecule has 2 aromatic carbocycles. The number of rotatable bonds is 7. The van der Waals surface area contributed by atoms with Gasteiger partial charge in [0.2, 0.25) is 12.3 Å². The van der Waals surface area contributed by atoms with Crippen LogP contribution in [-0.2, 0) is 4.79 Å². The van der Waals surface area contributed by atoms with Gasteiger partial charge < -0.3 is 20.7 Å². The lowest BCUT2D eigenvalue weighted by atomic mass is 10.2. The highest BCUT2D eigenvalue weighted by atomic mass is 19.1. The normalized spacial score (nSPS) is 10.1. The molecule has 0 fully saturated rings. The van der Waals surface area contributed by atoms with E-state index in [-0.39, 0.29) is 17.3 Å². The van der Waals surface area contributed by atoms with Gasteiger partial charge in [0.1, 0.15) is 17.1 Å². The number of pyridine rings is 1. The Morgan fingerprint density at radius 2 is 1.89 bits per heavy atom. The van der Waals surface area contributed by atoms with Crippen LogP contribution in [0.25, 0.3) is 0 Å². The fraction of sp³-hybridized carbons (Fsp3) is 0.0500. The van der Waals surface area contributed by atoms with Gasteiger partial charge in [-0.05, 0) is 54.6 Å². The molecule has 0 aliphatic carbocycles. The Kier molecular flexibility index (Phi) is 5.81. The van der Waals surface area contributed by atoms with Gasteiger partial charge in [-0.25, -0.2) is 9.37 Å². The second-order valence-corrected chi connectivity index (χ2v) is 5.64. The Hall–Kier alpha value is -3.94. The minimum Gasteiger partial charge on any atom is -0.438 e. The first-order chi connectivity index (χ1) is 13.6. The number of halogens is 1. The van der Waals surface area contributed by atoms with Gasteiger partial charge >= 0.3 is 0 Å². The monoisotopic (exact) mass is 380 g/mol. The molecule has 0 saturated heterocycles. The number of carbonyl (C=O) groups excluding carboxylic acids is 2. The molecule has 3 rings (SSSR count). The summed E-state index contributed by atoms with van der Waals surface area (Å²) in [6.07, 6.45) is 2.07. The van der Waals surface area contributed by atoms with Crippen molar-refractivity contribution >= 4 is 29.4 Å². The number of benzene rings is 2. The highest BCUT2D eigenvalue weighted by Crippen LogP contribution is 2.27. The molecule has 1 heterocycles. The van der Waals surface area contributed by atoms with E-state index in [1.807, 2.05) is 0 Å². The zero-order valence-electron chi connectivity index (χ0n) is 14.9. The summed E-state index contributed by atoms with van der Waals surface area (Å²) < 4.78 is 18.7. The van der Waals surface area contributed by atoms with E-state index in [0.29, 0.717) is 29.2 Å². The smallest absolute Gasteiger partial charge is 0.261 e. The maximum absolute atomic E-state index is 13.0. The predicted octanol–water partition coefficient (Wildman–Crippen LogP) is 3.88. The maximum atomic E-state index is 13.0. The summed E-state index contributed by atoms with van der Waals surface area (Å²) in [6.45, 7) is 0. The molecule has 2 amide bonds. The fourth-order valence-corrected chi connectivity index (χ4v) is 2.48. The molecule has 3 N–H and O–H groups in total. The molecule has 0 radical (unpaired) electrons. The van der Waals surface area contributed by atoms with Crippen molar-refractivity contribution in [2.45, 2.75) is 0 Å². The van der Waals surface area contributed by atoms with Crippen LogP contribution in [0.3, 0.4) is 0 Å². The van der Waals surface area contributed by atoms with Crippen LogP contribution < -0.4 is 20.7 Å². The van der Waals surface area contributed by atoms with E-state index in [0.717, 1.165) is 0 Å². The molecule has 0 unspecified atom stereocenters. The third-order valence-electron chi connectivity index (χ3n) is 3.81. The Bertz CT molecular complexity index is 993. The average Bonchev–Trinajstić information content (AvgIpc) is 2.71. The number of ether oxygens (including phenoxy) is 1. The number of hydrogen-bond acceptors (Lipinski definition) is 5. The summed E-state index contributed by atoms with van der Waals surface area (Å²) in [6, 6.07) is 13.6. The molecule has 0 aliphatic heterocycles. The van der Waals surface area contributed by atoms with Crippen molar-refractivity contribution in [3.8, 4) is 11.6 Å². The molecule has 0 spiro atoms. The van der Waals surface area contributed by atoms with Crippen molar-refractivity contribution in [1.29, 1.82) is 0 Å². The van der Waals surface area contributed by atoms with Crippen LogP contribution in [0.1, 0.15) is 10.4 Å². The molecule has 8 heteroatoms. The number of amides is 2. The van der Waals surface area contributed by atoms with Crippen molar-refractivity contribution in [2.75, 3.05) is 23.0 Å². The topological polar surface area (TPSA) is 92.3 Å². The number of anilines is 3. The van der Waals surface area contributed by atoms with Gasteiger partial charge in [-0.2, -0.15) is 0 Å². The minimum atomic E-state index is -0.427. The summed E-state index contributed by atoms with van der Waals surface area (Å²) in [7, 11) is 1.70. The van der Waals surface area contributed by atoms with Gasteiger partial charge in [0, 0.05) is 18.9 Å². The maximum Gasteiger partial charge on any atom is 0.261 e. The molecule has 3 aromatic rings. The van der Waals surface area contributed by atoms with Crippen LogP contribution in [0, 0.1) is 5.82 Å². The number of hydrogen-bond donors (Lipinski definition) is 3. The SMILES string of the molecule is CNc1cc(NC(=O)c2cccnc2Oc2ccc(F)cc2)ccc1NC=O. The van der Waals surface area contributed by atoms with E-state index in [9.17, 15) is 14.0 Å². The standard InChI is InChI=1S/C20H17FN4O3/c1-22-18-11-14(6-9-17(18)24-12-26)25-19(27)16-3-2-10-23-20(16)28-15-7-4-13(21)5-8-15/h2-12,22H,1H3,(H,24,26)(H,25,27). The highest BCUT2D eigenvalue weighted by molar-refractivity contribution is 6.06. The quantitative estimate of drug-likeness (QED) is 0.541. The number of nitrogens with zero attached hydrogens (tertiary/aromatic N) is 1. The summed E-state index contributed by atoms with van der Waals surface area (Å²) in [5.74, 6) is -0.363. The highest BCUT2D eigenvalue weighted by Gasteiger charge is 2.15. The van der Waals surface area contributed by atoms with Gasteiger partial charge in [0.05, 0.1) is 11.4 Å². The Labute approximate surface area is 160 Å². The molecule has 0 aliphatic rings. The zero-order chi connectivity index (χ0) is 19.9. The number of aromatic nitrogens is 1. The molecule has 0 atom stereocenters.